The van der Waals surface area contributed by atoms with Gasteiger partial charge in [0.1, 0.15) is 6.54 Å². The minimum absolute atomic E-state index is 0.170. The molecule has 1 aromatic heterocycles. The molecular weight excluding hydrogens is 382 g/mol. The molecule has 0 unspecified atom stereocenters. The van der Waals surface area contributed by atoms with Gasteiger partial charge in [0.15, 0.2) is 17.6 Å². The summed E-state index contributed by atoms with van der Waals surface area (Å²) in [4.78, 5) is 32.0. The van der Waals surface area contributed by atoms with Crippen molar-refractivity contribution < 1.29 is 14.7 Å². The third-order valence-electron chi connectivity index (χ3n) is 3.92. The number of hydrogen-bond acceptors (Lipinski definition) is 5. The predicted octanol–water partition coefficient (Wildman–Crippen LogP) is 2.52. The summed E-state index contributed by atoms with van der Waals surface area (Å²) in [6.45, 7) is -0.309. The van der Waals surface area contributed by atoms with Crippen LogP contribution in [0.1, 0.15) is 15.9 Å². The number of guanidine groups is 1. The molecule has 2 aromatic carbocycles. The molecule has 0 saturated carbocycles. The first kappa shape index (κ1) is 19.1. The average Bonchev–Trinajstić information content (AvgIpc) is 2.67. The molecule has 0 spiro atoms. The van der Waals surface area contributed by atoms with Gasteiger partial charge in [-0.05, 0) is 18.2 Å². The number of carbonyl (C=O) groups excluding carboxylic acids is 1. The number of nitrogens with one attached hydrogen (secondary N) is 1. The lowest BCUT2D eigenvalue weighted by Crippen LogP contribution is -2.22. The van der Waals surface area contributed by atoms with Crippen molar-refractivity contribution in [3.05, 3.63) is 64.8 Å². The zero-order chi connectivity index (χ0) is 20.3. The number of aliphatic carboxylic acids is 1. The quantitative estimate of drug-likeness (QED) is 0.284. The number of fused-ring (bicyclic) bond motifs is 1. The van der Waals surface area contributed by atoms with Gasteiger partial charge in [0.2, 0.25) is 0 Å². The van der Waals surface area contributed by atoms with Crippen molar-refractivity contribution in [3.63, 3.8) is 0 Å². The third kappa shape index (κ3) is 4.02. The molecule has 0 aliphatic rings. The van der Waals surface area contributed by atoms with Crippen LogP contribution in [0.5, 0.6) is 0 Å². The highest BCUT2D eigenvalue weighted by atomic mass is 35.5. The Morgan fingerprint density at radius 1 is 1.14 bits per heavy atom. The van der Waals surface area contributed by atoms with Gasteiger partial charge in [-0.15, -0.1) is 0 Å². The van der Waals surface area contributed by atoms with Gasteiger partial charge in [-0.1, -0.05) is 35.9 Å². The highest BCUT2D eigenvalue weighted by Crippen LogP contribution is 2.31. The summed E-state index contributed by atoms with van der Waals surface area (Å²) in [6.07, 6.45) is 1.43. The van der Waals surface area contributed by atoms with Gasteiger partial charge in [-0.2, -0.15) is 4.99 Å². The van der Waals surface area contributed by atoms with Crippen LogP contribution in [-0.2, 0) is 4.79 Å². The van der Waals surface area contributed by atoms with Gasteiger partial charge in [-0.25, -0.2) is 4.98 Å². The van der Waals surface area contributed by atoms with Gasteiger partial charge in [0, 0.05) is 33.8 Å². The van der Waals surface area contributed by atoms with E-state index in [-0.39, 0.29) is 24.1 Å². The Bertz CT molecular complexity index is 1110. The summed E-state index contributed by atoms with van der Waals surface area (Å²) in [5.41, 5.74) is 12.0. The lowest BCUT2D eigenvalue weighted by molar-refractivity contribution is -0.134. The SMILES string of the molecule is NC(N)=Nc1ncc(Cl)c2ccc(C(=O)c3ccccc3NCC(=O)O)cc12. The van der Waals surface area contributed by atoms with Crippen LogP contribution in [0.25, 0.3) is 10.8 Å². The van der Waals surface area contributed by atoms with Crippen LogP contribution >= 0.6 is 11.6 Å². The van der Waals surface area contributed by atoms with Gasteiger partial charge in [-0.3, -0.25) is 9.59 Å². The normalized spacial score (nSPS) is 10.5. The number of ketones is 1. The molecule has 28 heavy (non-hydrogen) atoms. The summed E-state index contributed by atoms with van der Waals surface area (Å²) >= 11 is 6.19. The summed E-state index contributed by atoms with van der Waals surface area (Å²) in [5.74, 6) is -1.26. The number of para-hydroxylation sites is 1. The fourth-order valence-electron chi connectivity index (χ4n) is 2.71. The van der Waals surface area contributed by atoms with E-state index in [1.807, 2.05) is 0 Å². The van der Waals surface area contributed by atoms with Crippen molar-refractivity contribution >= 4 is 51.6 Å². The largest absolute Gasteiger partial charge is 0.480 e. The molecule has 0 aliphatic carbocycles. The highest BCUT2D eigenvalue weighted by molar-refractivity contribution is 6.35. The maximum atomic E-state index is 13.0. The minimum atomic E-state index is -1.03. The monoisotopic (exact) mass is 397 g/mol. The molecule has 3 rings (SSSR count). The van der Waals surface area contributed by atoms with Crippen molar-refractivity contribution in [2.24, 2.45) is 16.5 Å². The van der Waals surface area contributed by atoms with Crippen LogP contribution < -0.4 is 16.8 Å². The number of anilines is 1. The van der Waals surface area contributed by atoms with E-state index in [2.05, 4.69) is 15.3 Å². The Hall–Kier alpha value is -3.65. The van der Waals surface area contributed by atoms with Crippen LogP contribution in [0.15, 0.2) is 53.7 Å². The van der Waals surface area contributed by atoms with Crippen LogP contribution in [-0.4, -0.2) is 34.3 Å². The molecule has 0 bridgehead atoms. The topological polar surface area (TPSA) is 144 Å². The van der Waals surface area contributed by atoms with Crippen molar-refractivity contribution in [3.8, 4) is 0 Å². The molecular formula is C19H16ClN5O3. The number of rotatable bonds is 6. The van der Waals surface area contributed by atoms with E-state index >= 15 is 0 Å². The first-order valence-electron chi connectivity index (χ1n) is 8.14. The molecule has 1 heterocycles. The average molecular weight is 398 g/mol. The minimum Gasteiger partial charge on any atom is -0.480 e. The number of nitrogens with two attached hydrogens (primary N) is 2. The van der Waals surface area contributed by atoms with Crippen molar-refractivity contribution in [2.75, 3.05) is 11.9 Å². The maximum Gasteiger partial charge on any atom is 0.322 e. The Morgan fingerprint density at radius 2 is 1.89 bits per heavy atom. The maximum absolute atomic E-state index is 13.0. The van der Waals surface area contributed by atoms with E-state index in [0.717, 1.165) is 0 Å². The van der Waals surface area contributed by atoms with E-state index in [1.165, 1.54) is 6.20 Å². The number of aliphatic imine (C=N–C) groups is 1. The second-order valence-electron chi connectivity index (χ2n) is 5.85. The fraction of sp³-hybridized carbons (Fsp3) is 0.0526. The van der Waals surface area contributed by atoms with Crippen LogP contribution in [0, 0.1) is 0 Å². The number of nitrogens with zero attached hydrogens (tertiary/aromatic N) is 2. The van der Waals surface area contributed by atoms with Crippen molar-refractivity contribution in [1.82, 2.24) is 4.98 Å². The van der Waals surface area contributed by atoms with Crippen molar-refractivity contribution in [2.45, 2.75) is 0 Å². The summed E-state index contributed by atoms with van der Waals surface area (Å²) < 4.78 is 0. The van der Waals surface area contributed by atoms with Crippen molar-refractivity contribution in [1.29, 1.82) is 0 Å². The predicted molar refractivity (Wildman–Crippen MR) is 108 cm³/mol. The van der Waals surface area contributed by atoms with Gasteiger partial charge < -0.3 is 21.9 Å². The molecule has 142 valence electrons. The number of carbonyl (C=O) groups is 2. The first-order chi connectivity index (χ1) is 13.4. The molecule has 0 saturated heterocycles. The Labute approximate surface area is 164 Å². The fourth-order valence-corrected chi connectivity index (χ4v) is 2.92. The zero-order valence-electron chi connectivity index (χ0n) is 14.5. The first-order valence-corrected chi connectivity index (χ1v) is 8.52. The molecule has 6 N–H and O–H groups in total. The molecule has 0 aliphatic heterocycles. The molecule has 0 fully saturated rings. The van der Waals surface area contributed by atoms with E-state index < -0.39 is 5.97 Å². The van der Waals surface area contributed by atoms with Crippen LogP contribution in [0.4, 0.5) is 11.5 Å². The summed E-state index contributed by atoms with van der Waals surface area (Å²) in [5, 5.41) is 13.2. The number of hydrogen-bond donors (Lipinski definition) is 4. The van der Waals surface area contributed by atoms with Gasteiger partial charge in [0.25, 0.3) is 0 Å². The second kappa shape index (κ2) is 7.93. The Balaban J connectivity index is 2.08. The lowest BCUT2D eigenvalue weighted by atomic mass is 9.99. The Kier molecular flexibility index (Phi) is 5.42. The second-order valence-corrected chi connectivity index (χ2v) is 6.26. The van der Waals surface area contributed by atoms with Gasteiger partial charge in [0.05, 0.1) is 5.02 Å². The number of carboxylic acid groups (broad SMARTS) is 1. The number of pyridine rings is 1. The summed E-state index contributed by atoms with van der Waals surface area (Å²) in [7, 11) is 0. The molecule has 0 radical (unpaired) electrons. The van der Waals surface area contributed by atoms with E-state index in [9.17, 15) is 9.59 Å². The summed E-state index contributed by atoms with van der Waals surface area (Å²) in [6, 6.07) is 11.6. The number of halogens is 1. The number of aromatic nitrogens is 1. The molecule has 0 atom stereocenters. The molecule has 8 nitrogen and oxygen atoms in total. The number of benzene rings is 2. The molecule has 3 aromatic rings. The van der Waals surface area contributed by atoms with E-state index in [0.29, 0.717) is 32.6 Å². The van der Waals surface area contributed by atoms with E-state index in [1.54, 1.807) is 42.5 Å². The standard InChI is InChI=1S/C19H16ClN5O3/c20-14-8-24-18(25-19(21)22)13-7-10(5-6-11(13)14)17(28)12-3-1-2-4-15(12)23-9-16(26)27/h1-8,23H,9H2,(H,26,27)(H4,21,22,24,25). The number of carboxylic acids is 1. The Morgan fingerprint density at radius 3 is 2.61 bits per heavy atom. The smallest absolute Gasteiger partial charge is 0.322 e. The van der Waals surface area contributed by atoms with Crippen LogP contribution in [0.2, 0.25) is 5.02 Å². The van der Waals surface area contributed by atoms with Gasteiger partial charge >= 0.3 is 5.97 Å². The van der Waals surface area contributed by atoms with Crippen LogP contribution in [0.3, 0.4) is 0 Å². The zero-order valence-corrected chi connectivity index (χ0v) is 15.3. The third-order valence-corrected chi connectivity index (χ3v) is 4.22. The highest BCUT2D eigenvalue weighted by Gasteiger charge is 2.16. The molecule has 9 heteroatoms. The lowest BCUT2D eigenvalue weighted by Gasteiger charge is -2.11. The van der Waals surface area contributed by atoms with E-state index in [4.69, 9.17) is 28.2 Å². The molecule has 0 amide bonds.